The quantitative estimate of drug-likeness (QED) is 0.752. The molecule has 1 aromatic carbocycles. The maximum absolute atomic E-state index is 12.6. The summed E-state index contributed by atoms with van der Waals surface area (Å²) in [5, 5.41) is 0. The zero-order valence-corrected chi connectivity index (χ0v) is 12.7. The van der Waals surface area contributed by atoms with Crippen molar-refractivity contribution in [2.24, 2.45) is 5.41 Å². The minimum atomic E-state index is -0.478. The molecule has 0 aliphatic heterocycles. The Bertz CT molecular complexity index is 466. The average molecular weight is 280 g/mol. The van der Waals surface area contributed by atoms with E-state index in [1.54, 1.807) is 0 Å². The summed E-state index contributed by atoms with van der Waals surface area (Å²) in [6.45, 7) is 6.63. The van der Waals surface area contributed by atoms with Crippen LogP contribution in [0.1, 0.15) is 37.8 Å². The highest BCUT2D eigenvalue weighted by atomic mass is 35.5. The Labute approximate surface area is 120 Å². The fourth-order valence-corrected chi connectivity index (χ4v) is 2.32. The highest BCUT2D eigenvalue weighted by Gasteiger charge is 2.39. The fourth-order valence-electron chi connectivity index (χ4n) is 2.21. The molecule has 104 valence electrons. The van der Waals surface area contributed by atoms with Crippen molar-refractivity contribution in [2.75, 3.05) is 5.88 Å². The van der Waals surface area contributed by atoms with Crippen molar-refractivity contribution >= 4 is 17.5 Å². The molecule has 0 spiro atoms. The van der Waals surface area contributed by atoms with Crippen LogP contribution < -0.4 is 0 Å². The van der Waals surface area contributed by atoms with Crippen molar-refractivity contribution in [3.05, 3.63) is 35.4 Å². The number of aryl methyl sites for hydroxylation is 1. The van der Waals surface area contributed by atoms with E-state index in [1.165, 1.54) is 11.1 Å². The Balaban J connectivity index is 2.15. The van der Waals surface area contributed by atoms with Crippen LogP contribution in [0, 0.1) is 12.3 Å². The van der Waals surface area contributed by atoms with Gasteiger partial charge in [0, 0.05) is 18.5 Å². The van der Waals surface area contributed by atoms with E-state index < -0.39 is 5.41 Å². The predicted molar refractivity (Wildman–Crippen MR) is 79.3 cm³/mol. The van der Waals surface area contributed by atoms with Crippen LogP contribution in [0.25, 0.3) is 0 Å². The second-order valence-corrected chi connectivity index (χ2v) is 6.44. The van der Waals surface area contributed by atoms with Gasteiger partial charge in [0.1, 0.15) is 0 Å². The molecule has 0 N–H and O–H groups in total. The summed E-state index contributed by atoms with van der Waals surface area (Å²) in [7, 11) is 0. The molecule has 1 aliphatic carbocycles. The molecule has 0 heterocycles. The van der Waals surface area contributed by atoms with E-state index in [0.29, 0.717) is 18.5 Å². The Morgan fingerprint density at radius 3 is 2.63 bits per heavy atom. The maximum Gasteiger partial charge on any atom is 0.229 e. The molecule has 1 aromatic rings. The molecule has 1 amide bonds. The van der Waals surface area contributed by atoms with Crippen molar-refractivity contribution in [1.29, 1.82) is 0 Å². The third-order valence-electron chi connectivity index (χ3n) is 3.60. The lowest BCUT2D eigenvalue weighted by Gasteiger charge is -2.31. The maximum atomic E-state index is 12.6. The van der Waals surface area contributed by atoms with E-state index in [2.05, 4.69) is 25.1 Å². The standard InChI is InChI=1S/C16H22ClNO/c1-12-5-4-6-13(9-12)10-18(14-7-8-14)15(19)16(2,3)11-17/h4-6,9,14H,7-8,10-11H2,1-3H3. The highest BCUT2D eigenvalue weighted by molar-refractivity contribution is 6.19. The number of carbonyl (C=O) groups is 1. The van der Waals surface area contributed by atoms with Crippen molar-refractivity contribution in [1.82, 2.24) is 4.90 Å². The zero-order valence-electron chi connectivity index (χ0n) is 11.9. The van der Waals surface area contributed by atoms with E-state index >= 15 is 0 Å². The molecule has 2 rings (SSSR count). The first kappa shape index (κ1) is 14.4. The van der Waals surface area contributed by atoms with Crippen LogP contribution in [0.15, 0.2) is 24.3 Å². The molecular weight excluding hydrogens is 258 g/mol. The van der Waals surface area contributed by atoms with Gasteiger partial charge in [0.25, 0.3) is 0 Å². The number of amides is 1. The Kier molecular flexibility index (Phi) is 4.19. The summed E-state index contributed by atoms with van der Waals surface area (Å²) < 4.78 is 0. The lowest BCUT2D eigenvalue weighted by atomic mass is 9.94. The molecule has 0 atom stereocenters. The minimum absolute atomic E-state index is 0.173. The number of hydrogen-bond acceptors (Lipinski definition) is 1. The summed E-state index contributed by atoms with van der Waals surface area (Å²) in [4.78, 5) is 14.6. The smallest absolute Gasteiger partial charge is 0.229 e. The first-order chi connectivity index (χ1) is 8.94. The van der Waals surface area contributed by atoms with Gasteiger partial charge in [0.15, 0.2) is 0 Å². The van der Waals surface area contributed by atoms with Crippen LogP contribution in [-0.2, 0) is 11.3 Å². The van der Waals surface area contributed by atoms with Gasteiger partial charge in [-0.3, -0.25) is 4.79 Å². The van der Waals surface area contributed by atoms with Crippen LogP contribution in [0.5, 0.6) is 0 Å². The largest absolute Gasteiger partial charge is 0.335 e. The number of benzene rings is 1. The molecule has 1 fully saturated rings. The van der Waals surface area contributed by atoms with Gasteiger partial charge < -0.3 is 4.90 Å². The lowest BCUT2D eigenvalue weighted by molar-refractivity contribution is -0.140. The van der Waals surface area contributed by atoms with Crippen LogP contribution in [0.4, 0.5) is 0 Å². The van der Waals surface area contributed by atoms with E-state index in [4.69, 9.17) is 11.6 Å². The van der Waals surface area contributed by atoms with Gasteiger partial charge in [0.05, 0.1) is 5.41 Å². The van der Waals surface area contributed by atoms with Gasteiger partial charge in [-0.2, -0.15) is 0 Å². The topological polar surface area (TPSA) is 20.3 Å². The molecule has 0 bridgehead atoms. The Morgan fingerprint density at radius 2 is 2.11 bits per heavy atom. The van der Waals surface area contributed by atoms with Gasteiger partial charge in [-0.15, -0.1) is 11.6 Å². The number of rotatable bonds is 5. The molecule has 0 saturated heterocycles. The van der Waals surface area contributed by atoms with Gasteiger partial charge in [-0.05, 0) is 39.2 Å². The first-order valence-corrected chi connectivity index (χ1v) is 7.40. The normalized spacial score (nSPS) is 15.4. The van der Waals surface area contributed by atoms with Crippen LogP contribution in [0.3, 0.4) is 0 Å². The molecule has 1 aliphatic rings. The molecule has 0 aromatic heterocycles. The Morgan fingerprint density at radius 1 is 1.42 bits per heavy atom. The van der Waals surface area contributed by atoms with E-state index in [0.717, 1.165) is 12.8 Å². The number of hydrogen-bond donors (Lipinski definition) is 0. The molecule has 0 radical (unpaired) electrons. The summed E-state index contributed by atoms with van der Waals surface area (Å²) >= 11 is 5.94. The minimum Gasteiger partial charge on any atom is -0.335 e. The van der Waals surface area contributed by atoms with Gasteiger partial charge in [-0.25, -0.2) is 0 Å². The molecule has 19 heavy (non-hydrogen) atoms. The first-order valence-electron chi connectivity index (χ1n) is 6.86. The van der Waals surface area contributed by atoms with E-state index in [9.17, 15) is 4.79 Å². The molecule has 3 heteroatoms. The predicted octanol–water partition coefficient (Wildman–Crippen LogP) is 3.75. The monoisotopic (exact) mass is 279 g/mol. The number of nitrogens with zero attached hydrogens (tertiary/aromatic N) is 1. The number of carbonyl (C=O) groups excluding carboxylic acids is 1. The van der Waals surface area contributed by atoms with Crippen LogP contribution in [0.2, 0.25) is 0 Å². The van der Waals surface area contributed by atoms with Crippen molar-refractivity contribution in [3.8, 4) is 0 Å². The second-order valence-electron chi connectivity index (χ2n) is 6.17. The zero-order chi connectivity index (χ0) is 14.0. The van der Waals surface area contributed by atoms with Gasteiger partial charge in [-0.1, -0.05) is 29.8 Å². The summed E-state index contributed by atoms with van der Waals surface area (Å²) in [5.41, 5.74) is 1.96. The third kappa shape index (κ3) is 3.50. The molecule has 1 saturated carbocycles. The van der Waals surface area contributed by atoms with Crippen molar-refractivity contribution in [2.45, 2.75) is 46.2 Å². The van der Waals surface area contributed by atoms with Crippen LogP contribution in [-0.4, -0.2) is 22.7 Å². The average Bonchev–Trinajstić information content (AvgIpc) is 3.19. The van der Waals surface area contributed by atoms with Gasteiger partial charge in [0.2, 0.25) is 5.91 Å². The molecule has 0 unspecified atom stereocenters. The van der Waals surface area contributed by atoms with Gasteiger partial charge >= 0.3 is 0 Å². The summed E-state index contributed by atoms with van der Waals surface area (Å²) in [5.74, 6) is 0.537. The van der Waals surface area contributed by atoms with E-state index in [-0.39, 0.29) is 5.91 Å². The fraction of sp³-hybridized carbons (Fsp3) is 0.562. The van der Waals surface area contributed by atoms with Crippen LogP contribution >= 0.6 is 11.6 Å². The van der Waals surface area contributed by atoms with Crippen molar-refractivity contribution < 1.29 is 4.79 Å². The van der Waals surface area contributed by atoms with Crippen molar-refractivity contribution in [3.63, 3.8) is 0 Å². The Hall–Kier alpha value is -1.02. The second kappa shape index (κ2) is 5.54. The number of alkyl halides is 1. The lowest BCUT2D eigenvalue weighted by Crippen LogP contribution is -2.42. The number of halogens is 1. The summed E-state index contributed by atoms with van der Waals surface area (Å²) in [6.07, 6.45) is 2.24. The highest BCUT2D eigenvalue weighted by Crippen LogP contribution is 2.33. The third-order valence-corrected chi connectivity index (χ3v) is 4.27. The summed E-state index contributed by atoms with van der Waals surface area (Å²) in [6, 6.07) is 8.78. The van der Waals surface area contributed by atoms with E-state index in [1.807, 2.05) is 24.8 Å². The molecule has 2 nitrogen and oxygen atoms in total. The SMILES string of the molecule is Cc1cccc(CN(C(=O)C(C)(C)CCl)C2CC2)c1. The molecular formula is C16H22ClNO.